The van der Waals surface area contributed by atoms with Gasteiger partial charge in [-0.25, -0.2) is 4.79 Å². The number of nitrogens with one attached hydrogen (secondary N) is 1. The molecule has 2 heterocycles. The fourth-order valence-electron chi connectivity index (χ4n) is 2.17. The lowest BCUT2D eigenvalue weighted by Crippen LogP contribution is -2.14. The van der Waals surface area contributed by atoms with E-state index in [0.717, 1.165) is 21.4 Å². The van der Waals surface area contributed by atoms with Gasteiger partial charge in [-0.05, 0) is 29.1 Å². The van der Waals surface area contributed by atoms with Crippen molar-refractivity contribution in [2.75, 3.05) is 0 Å². The van der Waals surface area contributed by atoms with Crippen molar-refractivity contribution in [3.63, 3.8) is 0 Å². The molecule has 0 unspecified atom stereocenters. The standard InChI is InChI=1S/C15H13NO3S/c17-15(18)14-12(9-16-8-10-4-3-7-19-10)11-5-1-2-6-13(11)20-14/h1-7,16H,8-9H2,(H,17,18). The number of hydrogen-bond donors (Lipinski definition) is 2. The van der Waals surface area contributed by atoms with E-state index in [1.165, 1.54) is 11.3 Å². The number of thiophene rings is 1. The minimum atomic E-state index is -0.874. The van der Waals surface area contributed by atoms with Gasteiger partial charge in [-0.3, -0.25) is 0 Å². The fourth-order valence-corrected chi connectivity index (χ4v) is 3.23. The van der Waals surface area contributed by atoms with E-state index in [1.807, 2.05) is 36.4 Å². The average molecular weight is 287 g/mol. The van der Waals surface area contributed by atoms with Crippen LogP contribution in [0.25, 0.3) is 10.1 Å². The van der Waals surface area contributed by atoms with Gasteiger partial charge < -0.3 is 14.8 Å². The summed E-state index contributed by atoms with van der Waals surface area (Å²) in [6, 6.07) is 11.5. The molecular formula is C15H13NO3S. The summed E-state index contributed by atoms with van der Waals surface area (Å²) in [5, 5.41) is 13.5. The molecule has 0 amide bonds. The van der Waals surface area contributed by atoms with E-state index in [-0.39, 0.29) is 0 Å². The first-order valence-corrected chi connectivity index (χ1v) is 7.04. The van der Waals surface area contributed by atoms with Crippen molar-refractivity contribution in [2.24, 2.45) is 0 Å². The second kappa shape index (κ2) is 5.48. The monoisotopic (exact) mass is 287 g/mol. The van der Waals surface area contributed by atoms with E-state index in [0.29, 0.717) is 18.0 Å². The minimum Gasteiger partial charge on any atom is -0.477 e. The van der Waals surface area contributed by atoms with Crippen LogP contribution in [0.3, 0.4) is 0 Å². The van der Waals surface area contributed by atoms with Crippen LogP contribution < -0.4 is 5.32 Å². The summed E-state index contributed by atoms with van der Waals surface area (Å²) in [4.78, 5) is 11.7. The molecule has 0 spiro atoms. The largest absolute Gasteiger partial charge is 0.477 e. The molecule has 0 saturated carbocycles. The topological polar surface area (TPSA) is 62.5 Å². The first-order chi connectivity index (χ1) is 9.75. The average Bonchev–Trinajstić information content (AvgIpc) is 3.07. The molecule has 102 valence electrons. The third-order valence-electron chi connectivity index (χ3n) is 3.07. The molecule has 4 nitrogen and oxygen atoms in total. The van der Waals surface area contributed by atoms with Gasteiger partial charge in [0.25, 0.3) is 0 Å². The molecule has 0 bridgehead atoms. The highest BCUT2D eigenvalue weighted by atomic mass is 32.1. The molecule has 3 aromatic rings. The maximum Gasteiger partial charge on any atom is 0.346 e. The molecule has 3 rings (SSSR count). The van der Waals surface area contributed by atoms with Crippen LogP contribution in [0.2, 0.25) is 0 Å². The third-order valence-corrected chi connectivity index (χ3v) is 4.27. The maximum atomic E-state index is 11.3. The normalized spacial score (nSPS) is 11.0. The quantitative estimate of drug-likeness (QED) is 0.754. The van der Waals surface area contributed by atoms with Crippen molar-refractivity contribution in [1.29, 1.82) is 0 Å². The van der Waals surface area contributed by atoms with Crippen LogP contribution in [-0.4, -0.2) is 11.1 Å². The molecule has 2 aromatic heterocycles. The second-order valence-electron chi connectivity index (χ2n) is 4.39. The smallest absolute Gasteiger partial charge is 0.346 e. The van der Waals surface area contributed by atoms with Gasteiger partial charge in [-0.2, -0.15) is 0 Å². The molecule has 0 saturated heterocycles. The van der Waals surface area contributed by atoms with E-state index in [1.54, 1.807) is 6.26 Å². The van der Waals surface area contributed by atoms with Gasteiger partial charge in [0, 0.05) is 11.2 Å². The number of benzene rings is 1. The van der Waals surface area contributed by atoms with Crippen molar-refractivity contribution in [1.82, 2.24) is 5.32 Å². The van der Waals surface area contributed by atoms with Crippen molar-refractivity contribution in [3.05, 3.63) is 58.9 Å². The summed E-state index contributed by atoms with van der Waals surface area (Å²) in [6.07, 6.45) is 1.62. The zero-order chi connectivity index (χ0) is 13.9. The Bertz CT molecular complexity index is 731. The summed E-state index contributed by atoms with van der Waals surface area (Å²) in [6.45, 7) is 1.09. The van der Waals surface area contributed by atoms with Gasteiger partial charge in [0.15, 0.2) is 0 Å². The maximum absolute atomic E-state index is 11.3. The fraction of sp³-hybridized carbons (Fsp3) is 0.133. The first kappa shape index (κ1) is 12.9. The number of aromatic carboxylic acids is 1. The predicted octanol–water partition coefficient (Wildman–Crippen LogP) is 3.48. The minimum absolute atomic E-state index is 0.401. The molecule has 0 aliphatic heterocycles. The summed E-state index contributed by atoms with van der Waals surface area (Å²) < 4.78 is 6.24. The van der Waals surface area contributed by atoms with E-state index in [4.69, 9.17) is 4.42 Å². The van der Waals surface area contributed by atoms with Crippen molar-refractivity contribution in [2.45, 2.75) is 13.1 Å². The van der Waals surface area contributed by atoms with Gasteiger partial charge in [0.1, 0.15) is 10.6 Å². The lowest BCUT2D eigenvalue weighted by atomic mass is 10.1. The van der Waals surface area contributed by atoms with Crippen molar-refractivity contribution < 1.29 is 14.3 Å². The molecule has 0 aliphatic rings. The Morgan fingerprint density at radius 3 is 2.80 bits per heavy atom. The van der Waals surface area contributed by atoms with Crippen LogP contribution in [0, 0.1) is 0 Å². The molecule has 0 aliphatic carbocycles. The number of carboxylic acid groups (broad SMARTS) is 1. The molecular weight excluding hydrogens is 274 g/mol. The highest BCUT2D eigenvalue weighted by Crippen LogP contribution is 2.31. The van der Waals surface area contributed by atoms with E-state index >= 15 is 0 Å². The number of fused-ring (bicyclic) bond motifs is 1. The van der Waals surface area contributed by atoms with Gasteiger partial charge in [0.05, 0.1) is 12.8 Å². The Morgan fingerprint density at radius 2 is 2.05 bits per heavy atom. The third kappa shape index (κ3) is 2.45. The van der Waals surface area contributed by atoms with Crippen LogP contribution in [0.5, 0.6) is 0 Å². The number of carboxylic acids is 1. The predicted molar refractivity (Wildman–Crippen MR) is 78.0 cm³/mol. The zero-order valence-electron chi connectivity index (χ0n) is 10.6. The Kier molecular flexibility index (Phi) is 3.54. The number of hydrogen-bond acceptors (Lipinski definition) is 4. The Hall–Kier alpha value is -2.11. The summed E-state index contributed by atoms with van der Waals surface area (Å²) >= 11 is 1.32. The summed E-state index contributed by atoms with van der Waals surface area (Å²) in [7, 11) is 0. The van der Waals surface area contributed by atoms with Crippen LogP contribution in [0.4, 0.5) is 0 Å². The number of rotatable bonds is 5. The molecule has 2 N–H and O–H groups in total. The van der Waals surface area contributed by atoms with Crippen LogP contribution in [0.1, 0.15) is 21.0 Å². The first-order valence-electron chi connectivity index (χ1n) is 6.22. The van der Waals surface area contributed by atoms with E-state index in [2.05, 4.69) is 5.32 Å². The molecule has 5 heteroatoms. The van der Waals surface area contributed by atoms with Gasteiger partial charge in [-0.1, -0.05) is 18.2 Å². The van der Waals surface area contributed by atoms with E-state index < -0.39 is 5.97 Å². The summed E-state index contributed by atoms with van der Waals surface area (Å²) in [5.74, 6) is -0.0394. The molecule has 0 atom stereocenters. The van der Waals surface area contributed by atoms with Crippen LogP contribution in [-0.2, 0) is 13.1 Å². The molecule has 0 radical (unpaired) electrons. The number of furan rings is 1. The molecule has 1 aromatic carbocycles. The second-order valence-corrected chi connectivity index (χ2v) is 5.45. The lowest BCUT2D eigenvalue weighted by Gasteiger charge is -2.03. The zero-order valence-corrected chi connectivity index (χ0v) is 11.4. The SMILES string of the molecule is O=C(O)c1sc2ccccc2c1CNCc1ccco1. The number of carbonyl (C=O) groups is 1. The van der Waals surface area contributed by atoms with E-state index in [9.17, 15) is 9.90 Å². The molecule has 20 heavy (non-hydrogen) atoms. The highest BCUT2D eigenvalue weighted by molar-refractivity contribution is 7.21. The summed E-state index contributed by atoms with van der Waals surface area (Å²) in [5.41, 5.74) is 0.838. The van der Waals surface area contributed by atoms with Crippen molar-refractivity contribution >= 4 is 27.4 Å². The van der Waals surface area contributed by atoms with Gasteiger partial charge in [-0.15, -0.1) is 11.3 Å². The van der Waals surface area contributed by atoms with Gasteiger partial charge >= 0.3 is 5.97 Å². The van der Waals surface area contributed by atoms with Gasteiger partial charge in [0.2, 0.25) is 0 Å². The van der Waals surface area contributed by atoms with Crippen molar-refractivity contribution in [3.8, 4) is 0 Å². The Morgan fingerprint density at radius 1 is 1.20 bits per heavy atom. The Balaban J connectivity index is 1.85. The lowest BCUT2D eigenvalue weighted by molar-refractivity contribution is 0.0701. The Labute approximate surface area is 119 Å². The molecule has 0 fully saturated rings. The van der Waals surface area contributed by atoms with Crippen LogP contribution in [0.15, 0.2) is 47.1 Å². The highest BCUT2D eigenvalue weighted by Gasteiger charge is 2.16. The van der Waals surface area contributed by atoms with Crippen LogP contribution >= 0.6 is 11.3 Å².